The summed E-state index contributed by atoms with van der Waals surface area (Å²) in [6, 6.07) is 5.02. The average molecular weight is 333 g/mol. The summed E-state index contributed by atoms with van der Waals surface area (Å²) in [4.78, 5) is 23.6. The molecular weight excluding hydrogens is 316 g/mol. The molecule has 0 saturated carbocycles. The van der Waals surface area contributed by atoms with E-state index in [4.69, 9.17) is 0 Å². The molecule has 6 nitrogen and oxygen atoms in total. The highest BCUT2D eigenvalue weighted by molar-refractivity contribution is 5.73. The molecule has 24 heavy (non-hydrogen) atoms. The van der Waals surface area contributed by atoms with E-state index in [9.17, 15) is 13.6 Å². The van der Waals surface area contributed by atoms with Gasteiger partial charge in [-0.3, -0.25) is 4.79 Å². The van der Waals surface area contributed by atoms with Gasteiger partial charge in [-0.25, -0.2) is 13.8 Å². The lowest BCUT2D eigenvalue weighted by Gasteiger charge is -2.34. The van der Waals surface area contributed by atoms with E-state index < -0.39 is 11.6 Å². The van der Waals surface area contributed by atoms with E-state index >= 15 is 0 Å². The number of nitrogens with zero attached hydrogens (tertiary/aromatic N) is 4. The van der Waals surface area contributed by atoms with Gasteiger partial charge in [0.15, 0.2) is 0 Å². The Balaban J connectivity index is 1.71. The Bertz CT molecular complexity index is 747. The molecule has 2 heterocycles. The molecule has 0 bridgehead atoms. The van der Waals surface area contributed by atoms with Crippen LogP contribution in [-0.4, -0.2) is 47.0 Å². The predicted molar refractivity (Wildman–Crippen MR) is 86.1 cm³/mol. The Morgan fingerprint density at radius 2 is 1.92 bits per heavy atom. The number of amides is 1. The third-order valence-electron chi connectivity index (χ3n) is 3.87. The molecule has 126 valence electrons. The minimum absolute atomic E-state index is 0.0616. The number of hydrogen-bond donors (Lipinski definition) is 1. The lowest BCUT2D eigenvalue weighted by atomic mass is 10.3. The topological polar surface area (TPSA) is 61.4 Å². The molecule has 1 saturated heterocycles. The fourth-order valence-corrected chi connectivity index (χ4v) is 2.55. The molecule has 1 amide bonds. The van der Waals surface area contributed by atoms with Gasteiger partial charge in [0, 0.05) is 45.4 Å². The van der Waals surface area contributed by atoms with E-state index in [1.165, 1.54) is 6.07 Å². The second kappa shape index (κ2) is 6.77. The van der Waals surface area contributed by atoms with Gasteiger partial charge in [-0.1, -0.05) is 0 Å². The highest BCUT2D eigenvalue weighted by Gasteiger charge is 2.20. The Morgan fingerprint density at radius 1 is 1.17 bits per heavy atom. The van der Waals surface area contributed by atoms with Crippen molar-refractivity contribution in [3.8, 4) is 0 Å². The maximum atomic E-state index is 13.7. The summed E-state index contributed by atoms with van der Waals surface area (Å²) in [5.74, 6) is -0.369. The van der Waals surface area contributed by atoms with Crippen molar-refractivity contribution in [3.05, 3.63) is 42.1 Å². The molecule has 0 spiro atoms. The van der Waals surface area contributed by atoms with E-state index in [0.29, 0.717) is 32.0 Å². The number of carbonyl (C=O) groups is 1. The number of aromatic nitrogens is 2. The Hall–Kier alpha value is -2.77. The summed E-state index contributed by atoms with van der Waals surface area (Å²) in [5, 5.41) is 2.75. The van der Waals surface area contributed by atoms with Gasteiger partial charge >= 0.3 is 0 Å². The molecule has 2 aromatic rings. The molecule has 1 fully saturated rings. The first-order valence-corrected chi connectivity index (χ1v) is 7.58. The number of halogens is 2. The summed E-state index contributed by atoms with van der Waals surface area (Å²) < 4.78 is 26.7. The zero-order chi connectivity index (χ0) is 17.1. The van der Waals surface area contributed by atoms with Crippen molar-refractivity contribution in [2.24, 2.45) is 0 Å². The summed E-state index contributed by atoms with van der Waals surface area (Å²) in [6.45, 7) is 4.16. The molecule has 3 rings (SSSR count). The van der Waals surface area contributed by atoms with Gasteiger partial charge in [-0.15, -0.1) is 0 Å². The number of carbonyl (C=O) groups excluding carboxylic acids is 1. The molecule has 1 N–H and O–H groups in total. The fraction of sp³-hybridized carbons (Fsp3) is 0.312. The maximum absolute atomic E-state index is 13.7. The van der Waals surface area contributed by atoms with Gasteiger partial charge < -0.3 is 15.1 Å². The van der Waals surface area contributed by atoms with Crippen molar-refractivity contribution in [2.75, 3.05) is 36.4 Å². The van der Waals surface area contributed by atoms with Crippen molar-refractivity contribution >= 4 is 23.4 Å². The average Bonchev–Trinajstić information content (AvgIpc) is 2.58. The lowest BCUT2D eigenvalue weighted by molar-refractivity contribution is -0.129. The van der Waals surface area contributed by atoms with Crippen molar-refractivity contribution in [3.63, 3.8) is 0 Å². The number of anilines is 3. The van der Waals surface area contributed by atoms with Crippen LogP contribution in [0.4, 0.5) is 26.2 Å². The maximum Gasteiger partial charge on any atom is 0.229 e. The molecule has 8 heteroatoms. The molecular formula is C16H17F2N5O. The van der Waals surface area contributed by atoms with Crippen LogP contribution in [0.15, 0.2) is 30.5 Å². The van der Waals surface area contributed by atoms with Gasteiger partial charge in [-0.05, 0) is 18.2 Å². The van der Waals surface area contributed by atoms with Gasteiger partial charge in [0.05, 0.1) is 5.69 Å². The van der Waals surface area contributed by atoms with Crippen LogP contribution in [0, 0.1) is 11.6 Å². The first-order valence-electron chi connectivity index (χ1n) is 7.58. The van der Waals surface area contributed by atoms with Crippen LogP contribution in [0.25, 0.3) is 0 Å². The second-order valence-electron chi connectivity index (χ2n) is 5.48. The van der Waals surface area contributed by atoms with Gasteiger partial charge in [-0.2, -0.15) is 4.98 Å². The highest BCUT2D eigenvalue weighted by Crippen LogP contribution is 2.20. The number of nitrogens with one attached hydrogen (secondary N) is 1. The highest BCUT2D eigenvalue weighted by atomic mass is 19.1. The van der Waals surface area contributed by atoms with Crippen molar-refractivity contribution in [2.45, 2.75) is 6.92 Å². The molecule has 0 aliphatic carbocycles. The van der Waals surface area contributed by atoms with E-state index in [0.717, 1.165) is 12.1 Å². The minimum Gasteiger partial charge on any atom is -0.353 e. The van der Waals surface area contributed by atoms with Crippen molar-refractivity contribution in [1.29, 1.82) is 0 Å². The normalized spacial score (nSPS) is 14.6. The Morgan fingerprint density at radius 3 is 2.58 bits per heavy atom. The molecule has 1 aliphatic rings. The smallest absolute Gasteiger partial charge is 0.229 e. The van der Waals surface area contributed by atoms with Gasteiger partial charge in [0.25, 0.3) is 0 Å². The van der Waals surface area contributed by atoms with Crippen LogP contribution in [-0.2, 0) is 4.79 Å². The molecule has 1 aromatic heterocycles. The summed E-state index contributed by atoms with van der Waals surface area (Å²) in [5.41, 5.74) is 0.106. The standard InChI is InChI=1S/C16H17F2N5O/c1-11(24)22-6-8-23(9-7-22)15-4-5-19-16(21-15)20-14-3-2-12(17)10-13(14)18/h2-5,10H,6-9H2,1H3,(H,19,20,21). The first kappa shape index (κ1) is 16.1. The van der Waals surface area contributed by atoms with E-state index in [2.05, 4.69) is 15.3 Å². The van der Waals surface area contributed by atoms with Crippen LogP contribution >= 0.6 is 0 Å². The minimum atomic E-state index is -0.709. The van der Waals surface area contributed by atoms with E-state index in [-0.39, 0.29) is 17.5 Å². The summed E-state index contributed by atoms with van der Waals surface area (Å²) >= 11 is 0. The second-order valence-corrected chi connectivity index (χ2v) is 5.48. The van der Waals surface area contributed by atoms with Gasteiger partial charge in [0.2, 0.25) is 11.9 Å². The number of hydrogen-bond acceptors (Lipinski definition) is 5. The molecule has 0 unspecified atom stereocenters. The van der Waals surface area contributed by atoms with Gasteiger partial charge in [0.1, 0.15) is 17.5 Å². The summed E-state index contributed by atoms with van der Waals surface area (Å²) in [6.07, 6.45) is 1.57. The fourth-order valence-electron chi connectivity index (χ4n) is 2.55. The zero-order valence-electron chi connectivity index (χ0n) is 13.2. The van der Waals surface area contributed by atoms with Crippen molar-refractivity contribution < 1.29 is 13.6 Å². The first-order chi connectivity index (χ1) is 11.5. The van der Waals surface area contributed by atoms with Crippen LogP contribution in [0.2, 0.25) is 0 Å². The predicted octanol–water partition coefficient (Wildman–Crippen LogP) is 2.17. The zero-order valence-corrected chi connectivity index (χ0v) is 13.2. The Labute approximate surface area is 138 Å². The van der Waals surface area contributed by atoms with E-state index in [1.54, 1.807) is 24.1 Å². The third-order valence-corrected chi connectivity index (χ3v) is 3.87. The molecule has 0 atom stereocenters. The van der Waals surface area contributed by atoms with Crippen LogP contribution in [0.1, 0.15) is 6.92 Å². The largest absolute Gasteiger partial charge is 0.353 e. The summed E-state index contributed by atoms with van der Waals surface area (Å²) in [7, 11) is 0. The van der Waals surface area contributed by atoms with Crippen LogP contribution in [0.5, 0.6) is 0 Å². The molecule has 1 aliphatic heterocycles. The number of rotatable bonds is 3. The third kappa shape index (κ3) is 3.58. The number of piperazine rings is 1. The van der Waals surface area contributed by atoms with Crippen molar-refractivity contribution in [1.82, 2.24) is 14.9 Å². The van der Waals surface area contributed by atoms with Crippen LogP contribution < -0.4 is 10.2 Å². The van der Waals surface area contributed by atoms with E-state index in [1.807, 2.05) is 4.90 Å². The van der Waals surface area contributed by atoms with Crippen LogP contribution in [0.3, 0.4) is 0 Å². The SMILES string of the molecule is CC(=O)N1CCN(c2ccnc(Nc3ccc(F)cc3F)n2)CC1. The monoisotopic (exact) mass is 333 g/mol. The lowest BCUT2D eigenvalue weighted by Crippen LogP contribution is -2.48. The number of benzene rings is 1. The quantitative estimate of drug-likeness (QED) is 0.933. The molecule has 0 radical (unpaired) electrons. The Kier molecular flexibility index (Phi) is 4.54. The molecule has 1 aromatic carbocycles.